The fourth-order valence-electron chi connectivity index (χ4n) is 1.50. The fraction of sp³-hybridized carbons (Fsp3) is 0.154. The quantitative estimate of drug-likeness (QED) is 0.870. The molecule has 0 unspecified atom stereocenters. The highest BCUT2D eigenvalue weighted by Gasteiger charge is 2.06. The van der Waals surface area contributed by atoms with Gasteiger partial charge in [0.1, 0.15) is 0 Å². The van der Waals surface area contributed by atoms with E-state index in [1.54, 1.807) is 30.6 Å². The summed E-state index contributed by atoms with van der Waals surface area (Å²) >= 11 is 0. The standard InChI is InChI=1S/C13H12N4/c1-10(17-13-15-7-2-8-16-13)12-5-3-11(9-14)4-6-12/h2-8,10H,1H3,(H,15,16,17)/t10-/m1/s1. The van der Waals surface area contributed by atoms with Crippen LogP contribution >= 0.6 is 0 Å². The molecule has 0 fully saturated rings. The van der Waals surface area contributed by atoms with Crippen LogP contribution < -0.4 is 5.32 Å². The topological polar surface area (TPSA) is 61.6 Å². The molecule has 0 spiro atoms. The van der Waals surface area contributed by atoms with E-state index in [2.05, 4.69) is 21.4 Å². The second-order valence-corrected chi connectivity index (χ2v) is 3.67. The summed E-state index contributed by atoms with van der Waals surface area (Å²) in [4.78, 5) is 8.21. The van der Waals surface area contributed by atoms with Crippen LogP contribution in [0.3, 0.4) is 0 Å². The molecule has 1 N–H and O–H groups in total. The molecule has 17 heavy (non-hydrogen) atoms. The van der Waals surface area contributed by atoms with Crippen molar-refractivity contribution in [3.05, 3.63) is 53.9 Å². The van der Waals surface area contributed by atoms with Gasteiger partial charge in [-0.15, -0.1) is 0 Å². The van der Waals surface area contributed by atoms with E-state index in [-0.39, 0.29) is 6.04 Å². The fourth-order valence-corrected chi connectivity index (χ4v) is 1.50. The van der Waals surface area contributed by atoms with Crippen LogP contribution in [0.5, 0.6) is 0 Å². The lowest BCUT2D eigenvalue weighted by Gasteiger charge is -2.13. The maximum Gasteiger partial charge on any atom is 0.223 e. The maximum absolute atomic E-state index is 8.72. The molecule has 0 aliphatic carbocycles. The Labute approximate surface area is 100.0 Å². The van der Waals surface area contributed by atoms with E-state index in [4.69, 9.17) is 5.26 Å². The van der Waals surface area contributed by atoms with Crippen molar-refractivity contribution in [2.75, 3.05) is 5.32 Å². The van der Waals surface area contributed by atoms with Crippen molar-refractivity contribution in [2.24, 2.45) is 0 Å². The molecule has 2 aromatic rings. The van der Waals surface area contributed by atoms with Gasteiger partial charge in [0.2, 0.25) is 5.95 Å². The summed E-state index contributed by atoms with van der Waals surface area (Å²) in [7, 11) is 0. The Balaban J connectivity index is 2.10. The minimum atomic E-state index is 0.102. The Bertz CT molecular complexity index is 513. The van der Waals surface area contributed by atoms with Gasteiger partial charge in [0.05, 0.1) is 17.7 Å². The van der Waals surface area contributed by atoms with Gasteiger partial charge in [-0.2, -0.15) is 5.26 Å². The third-order valence-electron chi connectivity index (χ3n) is 2.45. The monoisotopic (exact) mass is 224 g/mol. The average Bonchev–Trinajstić information content (AvgIpc) is 2.40. The lowest BCUT2D eigenvalue weighted by Crippen LogP contribution is -2.08. The summed E-state index contributed by atoms with van der Waals surface area (Å²) < 4.78 is 0. The summed E-state index contributed by atoms with van der Waals surface area (Å²) in [5, 5.41) is 11.9. The van der Waals surface area contributed by atoms with Gasteiger partial charge in [-0.3, -0.25) is 0 Å². The van der Waals surface area contributed by atoms with Crippen molar-refractivity contribution in [1.29, 1.82) is 5.26 Å². The Hall–Kier alpha value is -2.41. The first-order valence-corrected chi connectivity index (χ1v) is 5.33. The van der Waals surface area contributed by atoms with Gasteiger partial charge in [0, 0.05) is 12.4 Å². The third kappa shape index (κ3) is 2.79. The number of anilines is 1. The highest BCUT2D eigenvalue weighted by Crippen LogP contribution is 2.16. The minimum absolute atomic E-state index is 0.102. The lowest BCUT2D eigenvalue weighted by molar-refractivity contribution is 0.860. The van der Waals surface area contributed by atoms with Crippen LogP contribution in [0.2, 0.25) is 0 Å². The second-order valence-electron chi connectivity index (χ2n) is 3.67. The van der Waals surface area contributed by atoms with Crippen molar-refractivity contribution < 1.29 is 0 Å². The Morgan fingerprint density at radius 2 is 1.82 bits per heavy atom. The summed E-state index contributed by atoms with van der Waals surface area (Å²) in [6.45, 7) is 2.03. The van der Waals surface area contributed by atoms with Crippen molar-refractivity contribution in [3.63, 3.8) is 0 Å². The SMILES string of the molecule is C[C@@H](Nc1ncccn1)c1ccc(C#N)cc1. The molecule has 2 rings (SSSR count). The summed E-state index contributed by atoms with van der Waals surface area (Å²) in [6, 6.07) is 11.4. The van der Waals surface area contributed by atoms with E-state index in [1.807, 2.05) is 19.1 Å². The number of hydrogen-bond donors (Lipinski definition) is 1. The molecule has 1 atom stereocenters. The molecular weight excluding hydrogens is 212 g/mol. The van der Waals surface area contributed by atoms with Crippen molar-refractivity contribution in [2.45, 2.75) is 13.0 Å². The first kappa shape index (κ1) is 11.1. The highest BCUT2D eigenvalue weighted by atomic mass is 15.1. The van der Waals surface area contributed by atoms with Gasteiger partial charge >= 0.3 is 0 Å². The predicted molar refractivity (Wildman–Crippen MR) is 65.2 cm³/mol. The second kappa shape index (κ2) is 5.08. The van der Waals surface area contributed by atoms with Crippen LogP contribution in [0.25, 0.3) is 0 Å². The molecule has 1 aromatic heterocycles. The molecule has 0 saturated heterocycles. The van der Waals surface area contributed by atoms with E-state index in [9.17, 15) is 0 Å². The van der Waals surface area contributed by atoms with Crippen molar-refractivity contribution >= 4 is 5.95 Å². The first-order chi connectivity index (χ1) is 8.29. The number of aromatic nitrogens is 2. The van der Waals surface area contributed by atoms with Crippen molar-refractivity contribution in [3.8, 4) is 6.07 Å². The van der Waals surface area contributed by atoms with Crippen molar-refractivity contribution in [1.82, 2.24) is 9.97 Å². The molecule has 0 saturated carbocycles. The van der Waals surface area contributed by atoms with Gasteiger partial charge in [-0.25, -0.2) is 9.97 Å². The maximum atomic E-state index is 8.72. The van der Waals surface area contributed by atoms with Crippen LogP contribution in [-0.2, 0) is 0 Å². The van der Waals surface area contributed by atoms with Crippen LogP contribution in [0.4, 0.5) is 5.95 Å². The Morgan fingerprint density at radius 1 is 1.18 bits per heavy atom. The molecule has 0 aliphatic rings. The Kier molecular flexibility index (Phi) is 3.31. The molecule has 84 valence electrons. The van der Waals surface area contributed by atoms with Gasteiger partial charge in [0.25, 0.3) is 0 Å². The normalized spacial score (nSPS) is 11.5. The smallest absolute Gasteiger partial charge is 0.223 e. The molecule has 0 amide bonds. The van der Waals surface area contributed by atoms with Crippen LogP contribution in [0.1, 0.15) is 24.1 Å². The number of nitriles is 1. The minimum Gasteiger partial charge on any atom is -0.348 e. The third-order valence-corrected chi connectivity index (χ3v) is 2.45. The number of nitrogens with zero attached hydrogens (tertiary/aromatic N) is 3. The summed E-state index contributed by atoms with van der Waals surface area (Å²) in [6.07, 6.45) is 3.39. The first-order valence-electron chi connectivity index (χ1n) is 5.33. The van der Waals surface area contributed by atoms with Gasteiger partial charge in [-0.1, -0.05) is 12.1 Å². The molecule has 4 nitrogen and oxygen atoms in total. The average molecular weight is 224 g/mol. The van der Waals surface area contributed by atoms with Crippen LogP contribution in [-0.4, -0.2) is 9.97 Å². The Morgan fingerprint density at radius 3 is 2.41 bits per heavy atom. The highest BCUT2D eigenvalue weighted by molar-refractivity contribution is 5.36. The molecule has 0 radical (unpaired) electrons. The van der Waals surface area contributed by atoms with E-state index in [0.29, 0.717) is 11.5 Å². The van der Waals surface area contributed by atoms with E-state index < -0.39 is 0 Å². The molecule has 4 heteroatoms. The predicted octanol–water partition coefficient (Wildman–Crippen LogP) is 2.52. The number of hydrogen-bond acceptors (Lipinski definition) is 4. The number of rotatable bonds is 3. The number of nitrogens with one attached hydrogen (secondary N) is 1. The largest absolute Gasteiger partial charge is 0.348 e. The summed E-state index contributed by atoms with van der Waals surface area (Å²) in [5.41, 5.74) is 1.76. The summed E-state index contributed by atoms with van der Waals surface area (Å²) in [5.74, 6) is 0.601. The van der Waals surface area contributed by atoms with Gasteiger partial charge in [-0.05, 0) is 30.7 Å². The molecular formula is C13H12N4. The van der Waals surface area contributed by atoms with E-state index in [0.717, 1.165) is 5.56 Å². The number of benzene rings is 1. The van der Waals surface area contributed by atoms with Gasteiger partial charge in [0.15, 0.2) is 0 Å². The zero-order chi connectivity index (χ0) is 12.1. The molecule has 0 aliphatic heterocycles. The lowest BCUT2D eigenvalue weighted by atomic mass is 10.1. The van der Waals surface area contributed by atoms with E-state index in [1.165, 1.54) is 0 Å². The molecule has 1 aromatic carbocycles. The van der Waals surface area contributed by atoms with Gasteiger partial charge < -0.3 is 5.32 Å². The molecule has 1 heterocycles. The van der Waals surface area contributed by atoms with Crippen LogP contribution in [0, 0.1) is 11.3 Å². The zero-order valence-electron chi connectivity index (χ0n) is 9.46. The molecule has 0 bridgehead atoms. The van der Waals surface area contributed by atoms with E-state index >= 15 is 0 Å². The van der Waals surface area contributed by atoms with Crippen LogP contribution in [0.15, 0.2) is 42.7 Å². The zero-order valence-corrected chi connectivity index (χ0v) is 9.46.